The Balaban J connectivity index is 3.23. The highest BCUT2D eigenvalue weighted by Crippen LogP contribution is 1.89. The average molecular weight is 114 g/mol. The fraction of sp³-hybridized carbons (Fsp3) is 1.00. The third kappa shape index (κ3) is 3.46. The first-order chi connectivity index (χ1) is 3.81. The molecule has 0 amide bonds. The summed E-state index contributed by atoms with van der Waals surface area (Å²) in [6.07, 6.45) is 0. The van der Waals surface area contributed by atoms with Crippen LogP contribution in [-0.4, -0.2) is 13.1 Å². The predicted molar refractivity (Wildman–Crippen MR) is 32.2 cm³/mol. The number of nitrogens with zero attached hydrogens (tertiary/aromatic N) is 3. The Morgan fingerprint density at radius 3 is 2.88 bits per heavy atom. The van der Waals surface area contributed by atoms with E-state index >= 15 is 0 Å². The quantitative estimate of drug-likeness (QED) is 0.330. The van der Waals surface area contributed by atoms with Crippen LogP contribution in [0.2, 0.25) is 0 Å². The molecular weight excluding hydrogens is 104 g/mol. The zero-order chi connectivity index (χ0) is 6.41. The summed E-state index contributed by atoms with van der Waals surface area (Å²) in [5.74, 6) is 0.311. The van der Waals surface area contributed by atoms with Gasteiger partial charge in [-0.25, -0.2) is 0 Å². The maximum Gasteiger partial charge on any atom is 0.0295 e. The number of hydrogen-bond acceptors (Lipinski definition) is 2. The zero-order valence-electron chi connectivity index (χ0n) is 4.91. The molecule has 0 saturated carbocycles. The molecule has 0 spiro atoms. The lowest BCUT2D eigenvalue weighted by Gasteiger charge is -1.99. The highest BCUT2D eigenvalue weighted by Gasteiger charge is 1.92. The summed E-state index contributed by atoms with van der Waals surface area (Å²) in [6.45, 7) is 3.03. The first-order valence-electron chi connectivity index (χ1n) is 2.52. The topological polar surface area (TPSA) is 74.8 Å². The van der Waals surface area contributed by atoms with Crippen molar-refractivity contribution < 1.29 is 0 Å². The highest BCUT2D eigenvalue weighted by atomic mass is 15.1. The molecule has 4 heteroatoms. The SMILES string of the molecule is CC(CN)CN=[N+]=[N-]. The molecule has 0 bridgehead atoms. The van der Waals surface area contributed by atoms with E-state index < -0.39 is 0 Å². The predicted octanol–water partition coefficient (Wildman–Crippen LogP) is 0.892. The van der Waals surface area contributed by atoms with Crippen molar-refractivity contribution in [1.29, 1.82) is 0 Å². The van der Waals surface area contributed by atoms with Gasteiger partial charge in [-0.1, -0.05) is 12.0 Å². The molecule has 46 valence electrons. The van der Waals surface area contributed by atoms with Gasteiger partial charge in [0, 0.05) is 11.5 Å². The fourth-order valence-electron chi connectivity index (χ4n) is 0.250. The number of hydrogen-bond donors (Lipinski definition) is 1. The van der Waals surface area contributed by atoms with Crippen molar-refractivity contribution in [1.82, 2.24) is 0 Å². The molecule has 8 heavy (non-hydrogen) atoms. The van der Waals surface area contributed by atoms with Crippen molar-refractivity contribution in [2.75, 3.05) is 13.1 Å². The van der Waals surface area contributed by atoms with Crippen LogP contribution in [0, 0.1) is 5.92 Å². The van der Waals surface area contributed by atoms with Gasteiger partial charge < -0.3 is 5.73 Å². The van der Waals surface area contributed by atoms with Gasteiger partial charge in [0.05, 0.1) is 0 Å². The summed E-state index contributed by atoms with van der Waals surface area (Å²) in [7, 11) is 0. The van der Waals surface area contributed by atoms with Gasteiger partial charge in [0.15, 0.2) is 0 Å². The summed E-state index contributed by atoms with van der Waals surface area (Å²) < 4.78 is 0. The van der Waals surface area contributed by atoms with Crippen molar-refractivity contribution >= 4 is 0 Å². The largest absolute Gasteiger partial charge is 0.330 e. The monoisotopic (exact) mass is 114 g/mol. The van der Waals surface area contributed by atoms with E-state index in [0.29, 0.717) is 19.0 Å². The molecule has 1 atom stereocenters. The lowest BCUT2D eigenvalue weighted by molar-refractivity contribution is 0.607. The second-order valence-corrected chi connectivity index (χ2v) is 1.75. The van der Waals surface area contributed by atoms with Crippen LogP contribution in [0.25, 0.3) is 10.4 Å². The van der Waals surface area contributed by atoms with Crippen molar-refractivity contribution in [3.05, 3.63) is 10.4 Å². The van der Waals surface area contributed by atoms with E-state index in [-0.39, 0.29) is 0 Å². The van der Waals surface area contributed by atoms with Crippen LogP contribution in [0.4, 0.5) is 0 Å². The molecule has 1 unspecified atom stereocenters. The van der Waals surface area contributed by atoms with E-state index in [0.717, 1.165) is 0 Å². The van der Waals surface area contributed by atoms with Crippen molar-refractivity contribution in [3.63, 3.8) is 0 Å². The van der Waals surface area contributed by atoms with Gasteiger partial charge in [-0.15, -0.1) is 0 Å². The second kappa shape index (κ2) is 4.43. The van der Waals surface area contributed by atoms with Crippen LogP contribution < -0.4 is 5.73 Å². The minimum atomic E-state index is 0.311. The van der Waals surface area contributed by atoms with Crippen molar-refractivity contribution in [2.24, 2.45) is 16.8 Å². The lowest BCUT2D eigenvalue weighted by atomic mass is 10.2. The van der Waals surface area contributed by atoms with Crippen LogP contribution in [0.15, 0.2) is 5.11 Å². The first-order valence-corrected chi connectivity index (χ1v) is 2.52. The molecule has 2 N–H and O–H groups in total. The molecule has 0 fully saturated rings. The first kappa shape index (κ1) is 7.27. The van der Waals surface area contributed by atoms with Gasteiger partial charge in [-0.2, -0.15) is 0 Å². The van der Waals surface area contributed by atoms with Gasteiger partial charge in [0.2, 0.25) is 0 Å². The summed E-state index contributed by atoms with van der Waals surface area (Å²) in [6, 6.07) is 0. The Labute approximate surface area is 48.3 Å². The molecule has 0 aromatic carbocycles. The van der Waals surface area contributed by atoms with Gasteiger partial charge in [-0.05, 0) is 18.0 Å². The molecule has 0 radical (unpaired) electrons. The van der Waals surface area contributed by atoms with Gasteiger partial charge in [-0.3, -0.25) is 0 Å². The highest BCUT2D eigenvalue weighted by molar-refractivity contribution is 4.55. The Bertz CT molecular complexity index is 94.2. The van der Waals surface area contributed by atoms with Gasteiger partial charge in [0.1, 0.15) is 0 Å². The molecule has 4 nitrogen and oxygen atoms in total. The maximum absolute atomic E-state index is 7.83. The van der Waals surface area contributed by atoms with Crippen molar-refractivity contribution in [2.45, 2.75) is 6.92 Å². The molecule has 0 aliphatic heterocycles. The van der Waals surface area contributed by atoms with Crippen LogP contribution >= 0.6 is 0 Å². The molecule has 0 aliphatic rings. The fourth-order valence-corrected chi connectivity index (χ4v) is 0.250. The second-order valence-electron chi connectivity index (χ2n) is 1.75. The van der Waals surface area contributed by atoms with E-state index in [2.05, 4.69) is 10.0 Å². The molecule has 0 aromatic heterocycles. The zero-order valence-corrected chi connectivity index (χ0v) is 4.91. The number of nitrogens with two attached hydrogens (primary N) is 1. The Morgan fingerprint density at radius 1 is 1.88 bits per heavy atom. The molecule has 0 heterocycles. The van der Waals surface area contributed by atoms with Gasteiger partial charge in [0.25, 0.3) is 0 Å². The Hall–Kier alpha value is -0.730. The van der Waals surface area contributed by atoms with E-state index in [9.17, 15) is 0 Å². The molecule has 0 aromatic rings. The van der Waals surface area contributed by atoms with E-state index in [4.69, 9.17) is 11.3 Å². The number of rotatable bonds is 3. The van der Waals surface area contributed by atoms with Crippen LogP contribution in [-0.2, 0) is 0 Å². The van der Waals surface area contributed by atoms with Gasteiger partial charge >= 0.3 is 0 Å². The summed E-state index contributed by atoms with van der Waals surface area (Å²) in [5, 5.41) is 3.34. The third-order valence-corrected chi connectivity index (χ3v) is 0.859. The van der Waals surface area contributed by atoms with Crippen LogP contribution in [0.1, 0.15) is 6.92 Å². The Kier molecular flexibility index (Phi) is 4.03. The van der Waals surface area contributed by atoms with Crippen LogP contribution in [0.3, 0.4) is 0 Å². The summed E-state index contributed by atoms with van der Waals surface area (Å²) >= 11 is 0. The smallest absolute Gasteiger partial charge is 0.0295 e. The Morgan fingerprint density at radius 2 is 2.50 bits per heavy atom. The third-order valence-electron chi connectivity index (χ3n) is 0.859. The molecular formula is C4H10N4. The summed E-state index contributed by atoms with van der Waals surface area (Å²) in [4.78, 5) is 2.59. The minimum absolute atomic E-state index is 0.311. The van der Waals surface area contributed by atoms with E-state index in [1.807, 2.05) is 6.92 Å². The van der Waals surface area contributed by atoms with Crippen LogP contribution in [0.5, 0.6) is 0 Å². The minimum Gasteiger partial charge on any atom is -0.330 e. The summed E-state index contributed by atoms with van der Waals surface area (Å²) in [5.41, 5.74) is 13.1. The maximum atomic E-state index is 7.83. The standard InChI is InChI=1S/C4H10N4/c1-4(2-5)3-7-8-6/h4H,2-3,5H2,1H3. The number of azide groups is 1. The lowest BCUT2D eigenvalue weighted by Crippen LogP contribution is -2.12. The molecule has 0 rings (SSSR count). The van der Waals surface area contributed by atoms with E-state index in [1.54, 1.807) is 0 Å². The average Bonchev–Trinajstić information content (AvgIpc) is 1.83. The van der Waals surface area contributed by atoms with E-state index in [1.165, 1.54) is 0 Å². The van der Waals surface area contributed by atoms with Crippen molar-refractivity contribution in [3.8, 4) is 0 Å². The normalized spacial score (nSPS) is 12.2. The molecule has 0 aliphatic carbocycles. The molecule has 0 saturated heterocycles.